The maximum absolute atomic E-state index is 12.0. The van der Waals surface area contributed by atoms with Crippen molar-refractivity contribution in [2.45, 2.75) is 0 Å². The van der Waals surface area contributed by atoms with E-state index in [1.165, 1.54) is 0 Å². The van der Waals surface area contributed by atoms with Gasteiger partial charge in [-0.2, -0.15) is 0 Å². The van der Waals surface area contributed by atoms with Crippen LogP contribution in [0.2, 0.25) is 0 Å². The van der Waals surface area contributed by atoms with Crippen LogP contribution in [0, 0.1) is 24.3 Å². The van der Waals surface area contributed by atoms with Crippen LogP contribution < -0.4 is 0 Å². The molecule has 4 radical (unpaired) electrons. The van der Waals surface area contributed by atoms with E-state index in [0.29, 0.717) is 11.1 Å². The summed E-state index contributed by atoms with van der Waals surface area (Å²) < 4.78 is 0. The van der Waals surface area contributed by atoms with E-state index in [1.807, 2.05) is 0 Å². The van der Waals surface area contributed by atoms with Gasteiger partial charge in [0.25, 0.3) is 0 Å². The lowest BCUT2D eigenvalue weighted by Crippen LogP contribution is -2.20. The largest absolute Gasteiger partial charge is 0.289 e. The molecule has 2 heteroatoms. The summed E-state index contributed by atoms with van der Waals surface area (Å²) in [7, 11) is 0. The summed E-state index contributed by atoms with van der Waals surface area (Å²) >= 11 is 0. The van der Waals surface area contributed by atoms with Gasteiger partial charge in [0.1, 0.15) is 0 Å². The van der Waals surface area contributed by atoms with Gasteiger partial charge in [-0.05, 0) is 0 Å². The molecule has 0 aromatic heterocycles. The number of fused-ring (bicyclic) bond motifs is 2. The molecule has 0 spiro atoms. The summed E-state index contributed by atoms with van der Waals surface area (Å²) in [4.78, 5) is 24.0. The summed E-state index contributed by atoms with van der Waals surface area (Å²) in [6.45, 7) is 0. The summed E-state index contributed by atoms with van der Waals surface area (Å²) in [6.07, 6.45) is 0. The lowest BCUT2D eigenvalue weighted by atomic mass is 9.84. The zero-order valence-electron chi connectivity index (χ0n) is 8.13. The van der Waals surface area contributed by atoms with E-state index >= 15 is 0 Å². The minimum atomic E-state index is -0.202. The first kappa shape index (κ1) is 9.04. The highest BCUT2D eigenvalue weighted by atomic mass is 16.1. The molecule has 0 saturated carbocycles. The smallest absolute Gasteiger partial charge is 0.195 e. The van der Waals surface area contributed by atoms with Gasteiger partial charge in [0.15, 0.2) is 11.6 Å². The third-order valence-corrected chi connectivity index (χ3v) is 2.56. The van der Waals surface area contributed by atoms with Gasteiger partial charge in [0, 0.05) is 46.5 Å². The van der Waals surface area contributed by atoms with Gasteiger partial charge < -0.3 is 0 Å². The molecule has 0 unspecified atom stereocenters. The summed E-state index contributed by atoms with van der Waals surface area (Å²) in [5.74, 6) is -0.404. The quantitative estimate of drug-likeness (QED) is 0.558. The standard InChI is InChI=1S/C14H4O2/c15-13-9-5-1-2-6-10(9)14(16)12-8-4-3-7-11(12)13/h1-2,5-6H. The minimum Gasteiger partial charge on any atom is -0.289 e. The predicted octanol–water partition coefficient (Wildman–Crippen LogP) is 1.66. The Balaban J connectivity index is 2.35. The van der Waals surface area contributed by atoms with Crippen LogP contribution in [0.5, 0.6) is 0 Å². The van der Waals surface area contributed by atoms with E-state index in [9.17, 15) is 9.59 Å². The van der Waals surface area contributed by atoms with Crippen molar-refractivity contribution in [1.29, 1.82) is 0 Å². The molecule has 0 heterocycles. The van der Waals surface area contributed by atoms with Crippen molar-refractivity contribution >= 4 is 11.6 Å². The maximum atomic E-state index is 12.0. The number of carbonyl (C=O) groups is 2. The van der Waals surface area contributed by atoms with Gasteiger partial charge in [0.2, 0.25) is 0 Å². The van der Waals surface area contributed by atoms with E-state index in [4.69, 9.17) is 0 Å². The number of hydrogen-bond donors (Lipinski definition) is 0. The molecule has 1 aliphatic carbocycles. The van der Waals surface area contributed by atoms with Crippen molar-refractivity contribution < 1.29 is 9.59 Å². The van der Waals surface area contributed by atoms with Gasteiger partial charge in [-0.1, -0.05) is 24.3 Å². The van der Waals surface area contributed by atoms with Crippen LogP contribution in [-0.4, -0.2) is 11.6 Å². The molecule has 2 aromatic carbocycles. The van der Waals surface area contributed by atoms with Crippen molar-refractivity contribution in [3.63, 3.8) is 0 Å². The minimum absolute atomic E-state index is 0.202. The fourth-order valence-corrected chi connectivity index (χ4v) is 1.80. The first-order valence-electron chi connectivity index (χ1n) is 4.74. The molecule has 0 fully saturated rings. The highest BCUT2D eigenvalue weighted by Crippen LogP contribution is 2.25. The number of ketones is 2. The van der Waals surface area contributed by atoms with Crippen LogP contribution in [0.1, 0.15) is 31.8 Å². The summed E-state index contributed by atoms with van der Waals surface area (Å²) in [5.41, 5.74) is 1.32. The maximum Gasteiger partial charge on any atom is 0.195 e. The number of hydrogen-bond acceptors (Lipinski definition) is 2. The lowest BCUT2D eigenvalue weighted by molar-refractivity contribution is 0.0978. The first-order chi connectivity index (χ1) is 7.79. The zero-order chi connectivity index (χ0) is 11.1. The fraction of sp³-hybridized carbons (Fsp3) is 0. The van der Waals surface area contributed by atoms with E-state index in [-0.39, 0.29) is 22.7 Å². The first-order valence-corrected chi connectivity index (χ1v) is 4.74. The van der Waals surface area contributed by atoms with Crippen molar-refractivity contribution in [3.8, 4) is 0 Å². The summed E-state index contributed by atoms with van der Waals surface area (Å²) in [5, 5.41) is 0. The van der Waals surface area contributed by atoms with E-state index < -0.39 is 0 Å². The van der Waals surface area contributed by atoms with Gasteiger partial charge in [-0.3, -0.25) is 9.59 Å². The average Bonchev–Trinajstić information content (AvgIpc) is 2.36. The van der Waals surface area contributed by atoms with Crippen molar-refractivity contribution in [1.82, 2.24) is 0 Å². The molecule has 2 nitrogen and oxygen atoms in total. The second-order valence-corrected chi connectivity index (χ2v) is 3.45. The van der Waals surface area contributed by atoms with Crippen LogP contribution in [-0.2, 0) is 0 Å². The van der Waals surface area contributed by atoms with Crippen LogP contribution in [0.3, 0.4) is 0 Å². The highest BCUT2D eigenvalue weighted by Gasteiger charge is 2.28. The number of rotatable bonds is 0. The molecule has 0 saturated heterocycles. The summed E-state index contributed by atoms with van der Waals surface area (Å²) in [6, 6.07) is 17.1. The Morgan fingerprint density at radius 1 is 0.750 bits per heavy atom. The van der Waals surface area contributed by atoms with Crippen LogP contribution in [0.15, 0.2) is 24.3 Å². The van der Waals surface area contributed by atoms with Gasteiger partial charge in [-0.25, -0.2) is 0 Å². The van der Waals surface area contributed by atoms with Crippen molar-refractivity contribution in [2.75, 3.05) is 0 Å². The second-order valence-electron chi connectivity index (χ2n) is 3.45. The Hall–Kier alpha value is -2.22. The van der Waals surface area contributed by atoms with E-state index in [0.717, 1.165) is 0 Å². The molecule has 1 aliphatic rings. The Morgan fingerprint density at radius 3 is 1.62 bits per heavy atom. The van der Waals surface area contributed by atoms with E-state index in [1.54, 1.807) is 24.3 Å². The third-order valence-electron chi connectivity index (χ3n) is 2.56. The Morgan fingerprint density at radius 2 is 1.19 bits per heavy atom. The van der Waals surface area contributed by atoms with Gasteiger partial charge >= 0.3 is 0 Å². The molecule has 72 valence electrons. The monoisotopic (exact) mass is 204 g/mol. The third kappa shape index (κ3) is 1.07. The molecule has 0 aliphatic heterocycles. The second kappa shape index (κ2) is 3.14. The molecule has 0 amide bonds. The van der Waals surface area contributed by atoms with Crippen molar-refractivity contribution in [2.24, 2.45) is 0 Å². The van der Waals surface area contributed by atoms with Crippen molar-refractivity contribution in [3.05, 3.63) is 70.8 Å². The normalized spacial score (nSPS) is 13.2. The molecule has 0 N–H and O–H groups in total. The van der Waals surface area contributed by atoms with Gasteiger partial charge in [-0.15, -0.1) is 0 Å². The van der Waals surface area contributed by atoms with Crippen LogP contribution in [0.25, 0.3) is 0 Å². The van der Waals surface area contributed by atoms with Crippen LogP contribution in [0.4, 0.5) is 0 Å². The molecule has 16 heavy (non-hydrogen) atoms. The highest BCUT2D eigenvalue weighted by molar-refractivity contribution is 6.28. The predicted molar refractivity (Wildman–Crippen MR) is 55.1 cm³/mol. The molecular weight excluding hydrogens is 200 g/mol. The molecular formula is C14H4O2. The van der Waals surface area contributed by atoms with E-state index in [2.05, 4.69) is 24.3 Å². The zero-order valence-corrected chi connectivity index (χ0v) is 8.13. The molecule has 0 atom stereocenters. The Kier molecular flexibility index (Phi) is 1.77. The lowest BCUT2D eigenvalue weighted by Gasteiger charge is -2.15. The molecule has 2 aromatic rings. The van der Waals surface area contributed by atoms with Gasteiger partial charge in [0.05, 0.1) is 0 Å². The molecule has 0 bridgehead atoms. The Bertz CT molecular complexity index is 506. The molecule has 3 rings (SSSR count). The van der Waals surface area contributed by atoms with Crippen LogP contribution >= 0.6 is 0 Å². The Labute approximate surface area is 92.5 Å². The fourth-order valence-electron chi connectivity index (χ4n) is 1.80. The number of benzene rings is 2. The SMILES string of the molecule is O=C1c2[c][c][c][c]c2C(=O)c2ccccc21. The topological polar surface area (TPSA) is 34.1 Å². The number of carbonyl (C=O) groups excluding carboxylic acids is 2. The average molecular weight is 204 g/mol.